The van der Waals surface area contributed by atoms with E-state index >= 15 is 0 Å². The molecule has 1 saturated heterocycles. The first kappa shape index (κ1) is 7.03. The normalized spacial score (nSPS) is 23.0. The number of nitrogens with one attached hydrogen (secondary N) is 1. The second-order valence-corrected chi connectivity index (χ2v) is 3.59. The van der Waals surface area contributed by atoms with Gasteiger partial charge in [0.2, 0.25) is 0 Å². The summed E-state index contributed by atoms with van der Waals surface area (Å²) in [5.41, 5.74) is 0.351. The van der Waals surface area contributed by atoms with Gasteiger partial charge in [-0.3, -0.25) is 4.90 Å². The molecule has 0 aromatic carbocycles. The molecule has 1 heterocycles. The molecule has 0 unspecified atom stereocenters. The minimum atomic E-state index is 0.351. The van der Waals surface area contributed by atoms with Crippen LogP contribution in [0.2, 0.25) is 0 Å². The Morgan fingerprint density at radius 1 is 1.33 bits per heavy atom. The molecule has 0 saturated carbocycles. The summed E-state index contributed by atoms with van der Waals surface area (Å²) in [7, 11) is 0. The smallest absolute Gasteiger partial charge is 0.0486 e. The van der Waals surface area contributed by atoms with Gasteiger partial charge in [-0.2, -0.15) is 0 Å². The zero-order valence-electron chi connectivity index (χ0n) is 6.57. The van der Waals surface area contributed by atoms with Crippen molar-refractivity contribution in [3.8, 4) is 0 Å². The predicted octanol–water partition coefficient (Wildman–Crippen LogP) is 0.648. The van der Waals surface area contributed by atoms with Gasteiger partial charge < -0.3 is 5.32 Å². The van der Waals surface area contributed by atoms with Crippen molar-refractivity contribution in [3.05, 3.63) is 0 Å². The van der Waals surface area contributed by atoms with E-state index < -0.39 is 0 Å². The molecule has 0 aromatic heterocycles. The molecule has 1 N–H and O–H groups in total. The van der Waals surface area contributed by atoms with Gasteiger partial charge in [0.1, 0.15) is 0 Å². The summed E-state index contributed by atoms with van der Waals surface area (Å²) in [6, 6.07) is 0. The maximum absolute atomic E-state index is 3.30. The molecule has 0 amide bonds. The van der Waals surface area contributed by atoms with Gasteiger partial charge in [0, 0.05) is 25.3 Å². The summed E-state index contributed by atoms with van der Waals surface area (Å²) in [4.78, 5) is 2.44. The van der Waals surface area contributed by atoms with Crippen LogP contribution >= 0.6 is 0 Å². The van der Waals surface area contributed by atoms with Crippen LogP contribution < -0.4 is 5.32 Å². The standard InChI is InChI=1S/C7H16N2/c1-7(2,3)9-5-4-8-6-9/h8H,4-6H2,1-3H3. The molecule has 0 aromatic rings. The average molecular weight is 128 g/mol. The Kier molecular flexibility index (Phi) is 1.78. The summed E-state index contributed by atoms with van der Waals surface area (Å²) < 4.78 is 0. The second kappa shape index (κ2) is 2.27. The lowest BCUT2D eigenvalue weighted by Gasteiger charge is -2.30. The van der Waals surface area contributed by atoms with Crippen molar-refractivity contribution in [1.82, 2.24) is 10.2 Å². The van der Waals surface area contributed by atoms with E-state index in [1.54, 1.807) is 0 Å². The highest BCUT2D eigenvalue weighted by atomic mass is 15.3. The topological polar surface area (TPSA) is 15.3 Å². The molecule has 0 spiro atoms. The summed E-state index contributed by atoms with van der Waals surface area (Å²) in [5, 5.41) is 3.30. The van der Waals surface area contributed by atoms with Crippen LogP contribution in [0, 0.1) is 0 Å². The first-order chi connectivity index (χ1) is 4.11. The fraction of sp³-hybridized carbons (Fsp3) is 1.00. The fourth-order valence-corrected chi connectivity index (χ4v) is 1.08. The molecular weight excluding hydrogens is 112 g/mol. The maximum Gasteiger partial charge on any atom is 0.0486 e. The van der Waals surface area contributed by atoms with Gasteiger partial charge in [0.15, 0.2) is 0 Å². The summed E-state index contributed by atoms with van der Waals surface area (Å²) >= 11 is 0. The Labute approximate surface area is 57.2 Å². The zero-order valence-corrected chi connectivity index (χ0v) is 6.57. The van der Waals surface area contributed by atoms with E-state index in [1.807, 2.05) is 0 Å². The van der Waals surface area contributed by atoms with Crippen molar-refractivity contribution >= 4 is 0 Å². The van der Waals surface area contributed by atoms with Crippen LogP contribution in [-0.4, -0.2) is 30.2 Å². The summed E-state index contributed by atoms with van der Waals surface area (Å²) in [6.45, 7) is 10.2. The van der Waals surface area contributed by atoms with Gasteiger partial charge in [-0.1, -0.05) is 0 Å². The minimum Gasteiger partial charge on any atom is -0.303 e. The number of rotatable bonds is 0. The molecule has 0 radical (unpaired) electrons. The maximum atomic E-state index is 3.30. The van der Waals surface area contributed by atoms with Gasteiger partial charge in [-0.05, 0) is 20.8 Å². The van der Waals surface area contributed by atoms with Gasteiger partial charge in [-0.15, -0.1) is 0 Å². The van der Waals surface area contributed by atoms with Crippen LogP contribution in [0.15, 0.2) is 0 Å². The fourth-order valence-electron chi connectivity index (χ4n) is 1.08. The molecule has 0 aliphatic carbocycles. The SMILES string of the molecule is CC(C)(C)N1CCNC1. The molecule has 1 aliphatic rings. The van der Waals surface area contributed by atoms with E-state index in [2.05, 4.69) is 31.0 Å². The Hall–Kier alpha value is -0.0800. The first-order valence-electron chi connectivity index (χ1n) is 3.56. The highest BCUT2D eigenvalue weighted by Gasteiger charge is 2.23. The lowest BCUT2D eigenvalue weighted by atomic mass is 10.1. The van der Waals surface area contributed by atoms with Gasteiger partial charge >= 0.3 is 0 Å². The number of hydrogen-bond donors (Lipinski definition) is 1. The zero-order chi connectivity index (χ0) is 6.91. The molecule has 2 nitrogen and oxygen atoms in total. The molecule has 1 fully saturated rings. The molecule has 0 atom stereocenters. The Bertz CT molecular complexity index is 87.6. The van der Waals surface area contributed by atoms with E-state index in [0.717, 1.165) is 13.2 Å². The van der Waals surface area contributed by atoms with Crippen molar-refractivity contribution in [2.45, 2.75) is 26.3 Å². The van der Waals surface area contributed by atoms with Crippen molar-refractivity contribution in [2.24, 2.45) is 0 Å². The molecule has 9 heavy (non-hydrogen) atoms. The van der Waals surface area contributed by atoms with E-state index in [9.17, 15) is 0 Å². The Morgan fingerprint density at radius 2 is 2.00 bits per heavy atom. The molecule has 0 bridgehead atoms. The van der Waals surface area contributed by atoms with Gasteiger partial charge in [0.05, 0.1) is 0 Å². The Morgan fingerprint density at radius 3 is 2.22 bits per heavy atom. The largest absolute Gasteiger partial charge is 0.303 e. The van der Waals surface area contributed by atoms with E-state index in [0.29, 0.717) is 5.54 Å². The monoisotopic (exact) mass is 128 g/mol. The highest BCUT2D eigenvalue weighted by Crippen LogP contribution is 2.12. The first-order valence-corrected chi connectivity index (χ1v) is 3.56. The van der Waals surface area contributed by atoms with Crippen LogP contribution in [-0.2, 0) is 0 Å². The van der Waals surface area contributed by atoms with Gasteiger partial charge in [-0.25, -0.2) is 0 Å². The quantitative estimate of drug-likeness (QED) is 0.515. The third kappa shape index (κ3) is 1.66. The van der Waals surface area contributed by atoms with Crippen LogP contribution in [0.5, 0.6) is 0 Å². The van der Waals surface area contributed by atoms with E-state index in [-0.39, 0.29) is 0 Å². The lowest BCUT2D eigenvalue weighted by molar-refractivity contribution is 0.173. The number of hydrogen-bond acceptors (Lipinski definition) is 2. The van der Waals surface area contributed by atoms with Crippen molar-refractivity contribution in [2.75, 3.05) is 19.8 Å². The van der Waals surface area contributed by atoms with E-state index in [4.69, 9.17) is 0 Å². The summed E-state index contributed by atoms with van der Waals surface area (Å²) in [5.74, 6) is 0. The third-order valence-electron chi connectivity index (χ3n) is 1.81. The number of nitrogens with zero attached hydrogens (tertiary/aromatic N) is 1. The molecule has 2 heteroatoms. The van der Waals surface area contributed by atoms with Crippen LogP contribution in [0.4, 0.5) is 0 Å². The molecule has 54 valence electrons. The third-order valence-corrected chi connectivity index (χ3v) is 1.81. The van der Waals surface area contributed by atoms with Crippen molar-refractivity contribution < 1.29 is 0 Å². The highest BCUT2D eigenvalue weighted by molar-refractivity contribution is 4.79. The van der Waals surface area contributed by atoms with Crippen molar-refractivity contribution in [1.29, 1.82) is 0 Å². The average Bonchev–Trinajstić information content (AvgIpc) is 2.08. The Balaban J connectivity index is 2.42. The second-order valence-electron chi connectivity index (χ2n) is 3.59. The molecule has 1 rings (SSSR count). The molecule has 1 aliphatic heterocycles. The van der Waals surface area contributed by atoms with Crippen LogP contribution in [0.3, 0.4) is 0 Å². The minimum absolute atomic E-state index is 0.351. The lowest BCUT2D eigenvalue weighted by Crippen LogP contribution is -2.40. The summed E-state index contributed by atoms with van der Waals surface area (Å²) in [6.07, 6.45) is 0. The molecular formula is C7H16N2. The van der Waals surface area contributed by atoms with Crippen LogP contribution in [0.1, 0.15) is 20.8 Å². The van der Waals surface area contributed by atoms with Gasteiger partial charge in [0.25, 0.3) is 0 Å². The van der Waals surface area contributed by atoms with E-state index in [1.165, 1.54) is 6.54 Å². The predicted molar refractivity (Wildman–Crippen MR) is 39.3 cm³/mol. The van der Waals surface area contributed by atoms with Crippen molar-refractivity contribution in [3.63, 3.8) is 0 Å². The van der Waals surface area contributed by atoms with Crippen LogP contribution in [0.25, 0.3) is 0 Å².